The molecule has 0 aliphatic heterocycles. The van der Waals surface area contributed by atoms with Crippen LogP contribution in [-0.4, -0.2) is 26.8 Å². The average Bonchev–Trinajstić information content (AvgIpc) is 2.09. The van der Waals surface area contributed by atoms with E-state index in [1.54, 1.807) is 0 Å². The Morgan fingerprint density at radius 1 is 1.19 bits per heavy atom. The highest BCUT2D eigenvalue weighted by molar-refractivity contribution is 7.89. The summed E-state index contributed by atoms with van der Waals surface area (Å²) in [5.41, 5.74) is 0. The van der Waals surface area contributed by atoms with Crippen molar-refractivity contribution in [3.63, 3.8) is 0 Å². The van der Waals surface area contributed by atoms with Gasteiger partial charge < -0.3 is 5.32 Å². The van der Waals surface area contributed by atoms with Crippen molar-refractivity contribution < 1.29 is 8.42 Å². The number of nitrogens with one attached hydrogen (secondary N) is 1. The van der Waals surface area contributed by atoms with Crippen molar-refractivity contribution in [3.05, 3.63) is 0 Å². The second-order valence-corrected chi connectivity index (χ2v) is 7.02. The lowest BCUT2D eigenvalue weighted by Crippen LogP contribution is -2.37. The van der Waals surface area contributed by atoms with Crippen LogP contribution in [0.2, 0.25) is 0 Å². The molecule has 0 aromatic rings. The fourth-order valence-corrected chi connectivity index (χ4v) is 3.24. The summed E-state index contributed by atoms with van der Waals surface area (Å²) in [7, 11) is -3.29. The number of hydrogen-bond acceptors (Lipinski definition) is 3. The number of rotatable bonds is 5. The van der Waals surface area contributed by atoms with Crippen LogP contribution in [0.3, 0.4) is 0 Å². The predicted molar refractivity (Wildman–Crippen MR) is 66.6 cm³/mol. The van der Waals surface area contributed by atoms with E-state index in [9.17, 15) is 8.42 Å². The van der Waals surface area contributed by atoms with Crippen LogP contribution >= 0.6 is 0 Å². The monoisotopic (exact) mass is 248 g/mol. The second kappa shape index (κ2) is 5.98. The first-order valence-corrected chi connectivity index (χ1v) is 7.82. The molecule has 4 nitrogen and oxygen atoms in total. The molecule has 96 valence electrons. The Kier molecular flexibility index (Phi) is 5.21. The normalized spacial score (nSPS) is 31.6. The van der Waals surface area contributed by atoms with Gasteiger partial charge in [-0.2, -0.15) is 0 Å². The molecule has 2 atom stereocenters. The Morgan fingerprint density at radius 3 is 2.25 bits per heavy atom. The van der Waals surface area contributed by atoms with Gasteiger partial charge in [-0.25, -0.2) is 13.6 Å². The van der Waals surface area contributed by atoms with Crippen molar-refractivity contribution >= 4 is 10.0 Å². The average molecular weight is 248 g/mol. The van der Waals surface area contributed by atoms with Gasteiger partial charge >= 0.3 is 0 Å². The minimum absolute atomic E-state index is 0.0812. The largest absolute Gasteiger partial charge is 0.314 e. The molecule has 1 aliphatic rings. The molecule has 5 heteroatoms. The van der Waals surface area contributed by atoms with Crippen molar-refractivity contribution in [2.45, 2.75) is 45.6 Å². The van der Waals surface area contributed by atoms with E-state index in [2.05, 4.69) is 19.2 Å². The molecular formula is C11H24N2O2S. The maximum atomic E-state index is 10.7. The zero-order valence-electron chi connectivity index (χ0n) is 10.3. The van der Waals surface area contributed by atoms with Crippen LogP contribution in [0, 0.1) is 11.8 Å². The SMILES string of the molecule is CC1CC(C)CC(NCCCS(N)(=O)=O)C1. The topological polar surface area (TPSA) is 72.2 Å². The molecule has 0 spiro atoms. The molecule has 1 rings (SSSR count). The maximum Gasteiger partial charge on any atom is 0.209 e. The first kappa shape index (κ1) is 13.9. The van der Waals surface area contributed by atoms with Gasteiger partial charge in [-0.3, -0.25) is 0 Å². The second-order valence-electron chi connectivity index (χ2n) is 5.29. The zero-order chi connectivity index (χ0) is 12.2. The number of primary sulfonamides is 1. The van der Waals surface area contributed by atoms with E-state index in [0.29, 0.717) is 12.5 Å². The van der Waals surface area contributed by atoms with Gasteiger partial charge in [0.2, 0.25) is 10.0 Å². The van der Waals surface area contributed by atoms with Gasteiger partial charge in [0.25, 0.3) is 0 Å². The van der Waals surface area contributed by atoms with Gasteiger partial charge in [0.1, 0.15) is 0 Å². The van der Waals surface area contributed by atoms with Crippen molar-refractivity contribution in [1.29, 1.82) is 0 Å². The molecule has 1 aliphatic carbocycles. The van der Waals surface area contributed by atoms with Crippen LogP contribution in [0.4, 0.5) is 0 Å². The first-order chi connectivity index (χ1) is 7.37. The molecule has 16 heavy (non-hydrogen) atoms. The van der Waals surface area contributed by atoms with Gasteiger partial charge in [-0.1, -0.05) is 13.8 Å². The third-order valence-corrected chi connectivity index (χ3v) is 4.07. The van der Waals surface area contributed by atoms with E-state index in [4.69, 9.17) is 5.14 Å². The van der Waals surface area contributed by atoms with Crippen LogP contribution in [0.15, 0.2) is 0 Å². The van der Waals surface area contributed by atoms with Crippen LogP contribution in [0.1, 0.15) is 39.5 Å². The molecule has 3 N–H and O–H groups in total. The summed E-state index contributed by atoms with van der Waals surface area (Å²) >= 11 is 0. The van der Waals surface area contributed by atoms with Crippen molar-refractivity contribution in [3.8, 4) is 0 Å². The van der Waals surface area contributed by atoms with E-state index in [1.165, 1.54) is 19.3 Å². The standard InChI is InChI=1S/C11H24N2O2S/c1-9-6-10(2)8-11(7-9)13-4-3-5-16(12,14)15/h9-11,13H,3-8H2,1-2H3,(H2,12,14,15). The highest BCUT2D eigenvalue weighted by Crippen LogP contribution is 2.28. The van der Waals surface area contributed by atoms with Crippen molar-refractivity contribution in [1.82, 2.24) is 5.32 Å². The summed E-state index contributed by atoms with van der Waals surface area (Å²) in [5, 5.41) is 8.38. The van der Waals surface area contributed by atoms with Gasteiger partial charge in [0, 0.05) is 6.04 Å². The smallest absolute Gasteiger partial charge is 0.209 e. The van der Waals surface area contributed by atoms with E-state index in [-0.39, 0.29) is 5.75 Å². The molecule has 0 aromatic carbocycles. The van der Waals surface area contributed by atoms with E-state index < -0.39 is 10.0 Å². The van der Waals surface area contributed by atoms with Gasteiger partial charge in [0.15, 0.2) is 0 Å². The quantitative estimate of drug-likeness (QED) is 0.715. The predicted octanol–water partition coefficient (Wildman–Crippen LogP) is 1.08. The highest BCUT2D eigenvalue weighted by Gasteiger charge is 2.23. The van der Waals surface area contributed by atoms with E-state index in [1.807, 2.05) is 0 Å². The minimum atomic E-state index is -3.29. The number of nitrogens with two attached hydrogens (primary N) is 1. The third kappa shape index (κ3) is 5.82. The lowest BCUT2D eigenvalue weighted by molar-refractivity contribution is 0.239. The molecule has 1 fully saturated rings. The summed E-state index contributed by atoms with van der Waals surface area (Å²) < 4.78 is 21.5. The van der Waals surface area contributed by atoms with Crippen LogP contribution < -0.4 is 10.5 Å². The molecular weight excluding hydrogens is 224 g/mol. The van der Waals surface area contributed by atoms with Crippen LogP contribution in [0.25, 0.3) is 0 Å². The van der Waals surface area contributed by atoms with E-state index in [0.717, 1.165) is 18.4 Å². The Morgan fingerprint density at radius 2 is 1.75 bits per heavy atom. The Balaban J connectivity index is 2.17. The summed E-state index contributed by atoms with van der Waals surface area (Å²) in [4.78, 5) is 0. The molecule has 0 radical (unpaired) electrons. The summed E-state index contributed by atoms with van der Waals surface area (Å²) in [6.45, 7) is 5.32. The molecule has 0 heterocycles. The summed E-state index contributed by atoms with van der Waals surface area (Å²) in [5.74, 6) is 1.64. The zero-order valence-corrected chi connectivity index (χ0v) is 11.1. The summed E-state index contributed by atoms with van der Waals surface area (Å²) in [6.07, 6.45) is 4.34. The minimum Gasteiger partial charge on any atom is -0.314 e. The van der Waals surface area contributed by atoms with Crippen LogP contribution in [0.5, 0.6) is 0 Å². The summed E-state index contributed by atoms with van der Waals surface area (Å²) in [6, 6.07) is 0.555. The van der Waals surface area contributed by atoms with Crippen LogP contribution in [-0.2, 0) is 10.0 Å². The Bertz CT molecular complexity index is 293. The molecule has 0 aromatic heterocycles. The molecule has 1 saturated carbocycles. The number of sulfonamides is 1. The highest BCUT2D eigenvalue weighted by atomic mass is 32.2. The first-order valence-electron chi connectivity index (χ1n) is 6.10. The maximum absolute atomic E-state index is 10.7. The van der Waals surface area contributed by atoms with Gasteiger partial charge in [-0.05, 0) is 44.1 Å². The third-order valence-electron chi connectivity index (χ3n) is 3.22. The lowest BCUT2D eigenvalue weighted by atomic mass is 9.80. The Hall–Kier alpha value is -0.130. The van der Waals surface area contributed by atoms with Crippen molar-refractivity contribution in [2.24, 2.45) is 17.0 Å². The lowest BCUT2D eigenvalue weighted by Gasteiger charge is -2.32. The molecule has 0 bridgehead atoms. The molecule has 2 unspecified atom stereocenters. The Labute approximate surface area is 99.0 Å². The van der Waals surface area contributed by atoms with Gasteiger partial charge in [0.05, 0.1) is 5.75 Å². The molecule has 0 saturated heterocycles. The van der Waals surface area contributed by atoms with Gasteiger partial charge in [-0.15, -0.1) is 0 Å². The fourth-order valence-electron chi connectivity index (χ4n) is 2.69. The van der Waals surface area contributed by atoms with Crippen molar-refractivity contribution in [2.75, 3.05) is 12.3 Å². The number of hydrogen-bond donors (Lipinski definition) is 2. The fraction of sp³-hybridized carbons (Fsp3) is 1.00. The van der Waals surface area contributed by atoms with E-state index >= 15 is 0 Å². The molecule has 0 amide bonds.